The molecule has 0 spiro atoms. The number of thiophene rings is 1. The molecule has 8 heteroatoms. The van der Waals surface area contributed by atoms with Crippen LogP contribution < -0.4 is 9.64 Å². The van der Waals surface area contributed by atoms with Crippen molar-refractivity contribution in [1.82, 2.24) is 9.97 Å². The van der Waals surface area contributed by atoms with E-state index in [-0.39, 0.29) is 11.5 Å². The number of ether oxygens (including phenoxy) is 1. The molecule has 1 aliphatic rings. The summed E-state index contributed by atoms with van der Waals surface area (Å²) < 4.78 is 5.36. The minimum absolute atomic E-state index is 0.0171. The second kappa shape index (κ2) is 7.90. The number of aromatic amines is 1. The van der Waals surface area contributed by atoms with E-state index in [2.05, 4.69) is 9.97 Å². The van der Waals surface area contributed by atoms with Crippen molar-refractivity contribution in [1.29, 1.82) is 0 Å². The molecular weight excluding hydrogens is 438 g/mol. The van der Waals surface area contributed by atoms with E-state index in [1.54, 1.807) is 48.9 Å². The molecule has 0 radical (unpaired) electrons. The van der Waals surface area contributed by atoms with Crippen LogP contribution in [0.2, 0.25) is 0 Å². The molecule has 7 nitrogen and oxygen atoms in total. The number of aromatic nitrogens is 2. The molecule has 2 aromatic heterocycles. The van der Waals surface area contributed by atoms with Crippen molar-refractivity contribution in [2.45, 2.75) is 19.9 Å². The number of aliphatic hydroxyl groups is 1. The number of imidazole rings is 1. The molecule has 166 valence electrons. The maximum Gasteiger partial charge on any atom is 0.296 e. The predicted octanol–water partition coefficient (Wildman–Crippen LogP) is 5.03. The molecule has 4 aromatic rings. The van der Waals surface area contributed by atoms with Gasteiger partial charge in [-0.25, -0.2) is 4.98 Å². The SMILES string of the molecule is COc1cccc(C2C(C(=O)c3cccs3)=C(O)C(=O)N2c2nc3cc(C)c(C)cc3[nH]2)c1. The third-order valence-electron chi connectivity index (χ3n) is 5.92. The van der Waals surface area contributed by atoms with E-state index in [4.69, 9.17) is 4.74 Å². The van der Waals surface area contributed by atoms with Crippen LogP contribution in [-0.4, -0.2) is 33.9 Å². The molecular formula is C25H21N3O4S. The Hall–Kier alpha value is -3.91. The lowest BCUT2D eigenvalue weighted by molar-refractivity contribution is -0.117. The Morgan fingerprint density at radius 3 is 2.67 bits per heavy atom. The summed E-state index contributed by atoms with van der Waals surface area (Å²) in [7, 11) is 1.55. The van der Waals surface area contributed by atoms with Gasteiger partial charge in [0.25, 0.3) is 5.91 Å². The van der Waals surface area contributed by atoms with Gasteiger partial charge in [-0.15, -0.1) is 11.3 Å². The molecule has 33 heavy (non-hydrogen) atoms. The minimum Gasteiger partial charge on any atom is -0.503 e. The van der Waals surface area contributed by atoms with Crippen LogP contribution in [0, 0.1) is 13.8 Å². The molecule has 0 aliphatic carbocycles. The number of hydrogen-bond donors (Lipinski definition) is 2. The van der Waals surface area contributed by atoms with Crippen LogP contribution in [0.15, 0.2) is 65.2 Å². The van der Waals surface area contributed by atoms with Gasteiger partial charge in [-0.1, -0.05) is 18.2 Å². The van der Waals surface area contributed by atoms with Gasteiger partial charge < -0.3 is 14.8 Å². The number of aliphatic hydroxyl groups excluding tert-OH is 1. The van der Waals surface area contributed by atoms with Crippen LogP contribution >= 0.6 is 11.3 Å². The number of anilines is 1. The molecule has 0 fully saturated rings. The molecule has 1 aliphatic heterocycles. The topological polar surface area (TPSA) is 95.5 Å². The molecule has 3 heterocycles. The van der Waals surface area contributed by atoms with E-state index in [0.29, 0.717) is 21.7 Å². The van der Waals surface area contributed by atoms with E-state index in [1.807, 2.05) is 26.0 Å². The summed E-state index contributed by atoms with van der Waals surface area (Å²) in [6.07, 6.45) is 0. The molecule has 5 rings (SSSR count). The van der Waals surface area contributed by atoms with E-state index < -0.39 is 23.5 Å². The number of H-pyrrole nitrogens is 1. The fourth-order valence-corrected chi connectivity index (χ4v) is 4.77. The maximum atomic E-state index is 13.4. The highest BCUT2D eigenvalue weighted by molar-refractivity contribution is 7.12. The molecule has 0 saturated carbocycles. The van der Waals surface area contributed by atoms with Gasteiger partial charge in [0.05, 0.1) is 34.6 Å². The predicted molar refractivity (Wildman–Crippen MR) is 127 cm³/mol. The van der Waals surface area contributed by atoms with Gasteiger partial charge in [0.2, 0.25) is 11.7 Å². The largest absolute Gasteiger partial charge is 0.503 e. The standard InChI is InChI=1S/C25H21N3O4S/c1-13-10-17-18(11-14(13)2)27-25(26-17)28-21(15-6-4-7-16(12-15)32-3)20(23(30)24(28)31)22(29)19-8-5-9-33-19/h4-12,21,30H,1-3H3,(H,26,27). The summed E-state index contributed by atoms with van der Waals surface area (Å²) in [6, 6.07) is 13.6. The number of nitrogens with zero attached hydrogens (tertiary/aromatic N) is 2. The zero-order chi connectivity index (χ0) is 23.3. The monoisotopic (exact) mass is 459 g/mol. The van der Waals surface area contributed by atoms with Gasteiger partial charge in [0, 0.05) is 0 Å². The number of amides is 1. The highest BCUT2D eigenvalue weighted by atomic mass is 32.1. The van der Waals surface area contributed by atoms with Gasteiger partial charge in [0.1, 0.15) is 5.75 Å². The fourth-order valence-electron chi connectivity index (χ4n) is 4.09. The third kappa shape index (κ3) is 3.39. The number of benzene rings is 2. The molecule has 2 aromatic carbocycles. The Bertz CT molecular complexity index is 1400. The summed E-state index contributed by atoms with van der Waals surface area (Å²) in [6.45, 7) is 3.99. The highest BCUT2D eigenvalue weighted by Crippen LogP contribution is 2.42. The zero-order valence-corrected chi connectivity index (χ0v) is 19.1. The lowest BCUT2D eigenvalue weighted by atomic mass is 9.95. The Kier molecular flexibility index (Phi) is 5.02. The first-order valence-corrected chi connectivity index (χ1v) is 11.2. The normalized spacial score (nSPS) is 16.2. The van der Waals surface area contributed by atoms with E-state index in [9.17, 15) is 14.7 Å². The highest BCUT2D eigenvalue weighted by Gasteiger charge is 2.46. The van der Waals surface area contributed by atoms with E-state index >= 15 is 0 Å². The number of ketones is 1. The first-order valence-electron chi connectivity index (χ1n) is 10.3. The summed E-state index contributed by atoms with van der Waals surface area (Å²) in [5.74, 6) is -0.823. The Balaban J connectivity index is 1.70. The number of fused-ring (bicyclic) bond motifs is 1. The van der Waals surface area contributed by atoms with Crippen LogP contribution in [0.25, 0.3) is 11.0 Å². The van der Waals surface area contributed by atoms with Crippen molar-refractivity contribution >= 4 is 40.0 Å². The van der Waals surface area contributed by atoms with Crippen molar-refractivity contribution in [3.8, 4) is 5.75 Å². The lowest BCUT2D eigenvalue weighted by Crippen LogP contribution is -2.32. The smallest absolute Gasteiger partial charge is 0.296 e. The molecule has 1 atom stereocenters. The number of Topliss-reactive ketones (excluding diaryl/α,β-unsaturated/α-hetero) is 1. The summed E-state index contributed by atoms with van der Waals surface area (Å²) in [5, 5.41) is 12.7. The molecule has 1 amide bonds. The van der Waals surface area contributed by atoms with Crippen LogP contribution in [0.3, 0.4) is 0 Å². The quantitative estimate of drug-likeness (QED) is 0.408. The Morgan fingerprint density at radius 1 is 1.15 bits per heavy atom. The van der Waals surface area contributed by atoms with Crippen LogP contribution in [-0.2, 0) is 4.79 Å². The molecule has 2 N–H and O–H groups in total. The number of carbonyl (C=O) groups excluding carboxylic acids is 2. The number of aryl methyl sites for hydroxylation is 2. The number of hydrogen-bond acceptors (Lipinski definition) is 6. The number of carbonyl (C=O) groups is 2. The van der Waals surface area contributed by atoms with Crippen LogP contribution in [0.1, 0.15) is 32.4 Å². The zero-order valence-electron chi connectivity index (χ0n) is 18.2. The third-order valence-corrected chi connectivity index (χ3v) is 6.79. The van der Waals surface area contributed by atoms with Gasteiger partial charge >= 0.3 is 0 Å². The van der Waals surface area contributed by atoms with Crippen LogP contribution in [0.5, 0.6) is 5.75 Å². The number of methoxy groups -OCH3 is 1. The maximum absolute atomic E-state index is 13.4. The Morgan fingerprint density at radius 2 is 1.94 bits per heavy atom. The van der Waals surface area contributed by atoms with Gasteiger partial charge in [0.15, 0.2) is 5.76 Å². The molecule has 1 unspecified atom stereocenters. The van der Waals surface area contributed by atoms with Gasteiger partial charge in [-0.2, -0.15) is 0 Å². The number of rotatable bonds is 5. The lowest BCUT2D eigenvalue weighted by Gasteiger charge is -2.24. The van der Waals surface area contributed by atoms with Crippen molar-refractivity contribution in [3.63, 3.8) is 0 Å². The summed E-state index contributed by atoms with van der Waals surface area (Å²) in [5.41, 5.74) is 4.27. The van der Waals surface area contributed by atoms with Gasteiger partial charge in [-0.3, -0.25) is 14.5 Å². The fraction of sp³-hybridized carbons (Fsp3) is 0.160. The number of nitrogens with one attached hydrogen (secondary N) is 1. The summed E-state index contributed by atoms with van der Waals surface area (Å²) >= 11 is 1.26. The second-order valence-corrected chi connectivity index (χ2v) is 8.88. The summed E-state index contributed by atoms with van der Waals surface area (Å²) in [4.78, 5) is 36.3. The first kappa shape index (κ1) is 21.0. The van der Waals surface area contributed by atoms with E-state index in [1.165, 1.54) is 16.2 Å². The van der Waals surface area contributed by atoms with Crippen molar-refractivity contribution in [2.75, 3.05) is 12.0 Å². The Labute approximate surface area is 194 Å². The second-order valence-electron chi connectivity index (χ2n) is 7.94. The minimum atomic E-state index is -0.870. The molecule has 0 saturated heterocycles. The van der Waals surface area contributed by atoms with Gasteiger partial charge in [-0.05, 0) is 66.2 Å². The first-order chi connectivity index (χ1) is 15.9. The average molecular weight is 460 g/mol. The van der Waals surface area contributed by atoms with E-state index in [0.717, 1.165) is 16.6 Å². The molecule has 0 bridgehead atoms. The van der Waals surface area contributed by atoms with Crippen molar-refractivity contribution in [2.24, 2.45) is 0 Å². The average Bonchev–Trinajstić information content (AvgIpc) is 3.53. The van der Waals surface area contributed by atoms with Crippen LogP contribution in [0.4, 0.5) is 5.95 Å². The van der Waals surface area contributed by atoms with Crippen molar-refractivity contribution < 1.29 is 19.4 Å². The van der Waals surface area contributed by atoms with Crippen molar-refractivity contribution in [3.05, 3.63) is 86.8 Å².